The van der Waals surface area contributed by atoms with E-state index in [1.54, 1.807) is 0 Å². The zero-order chi connectivity index (χ0) is 43.3. The molecule has 2 heteroatoms. The minimum Gasteiger partial charge on any atom is -0.309 e. The van der Waals surface area contributed by atoms with Crippen molar-refractivity contribution >= 4 is 43.5 Å². The van der Waals surface area contributed by atoms with E-state index in [1.165, 1.54) is 116 Å². The van der Waals surface area contributed by atoms with Gasteiger partial charge in [-0.1, -0.05) is 182 Å². The van der Waals surface area contributed by atoms with Crippen molar-refractivity contribution in [2.45, 2.75) is 17.8 Å². The Morgan fingerprint density at radius 2 is 0.985 bits per heavy atom. The van der Waals surface area contributed by atoms with Gasteiger partial charge in [0.1, 0.15) is 0 Å². The first-order chi connectivity index (χ1) is 32.6. The quantitative estimate of drug-likeness (QED) is 0.162. The van der Waals surface area contributed by atoms with Crippen LogP contribution < -0.4 is 0 Å². The lowest BCUT2D eigenvalue weighted by Gasteiger charge is -2.30. The molecule has 0 bridgehead atoms. The van der Waals surface area contributed by atoms with E-state index in [4.69, 9.17) is 4.98 Å². The highest BCUT2D eigenvalue weighted by Gasteiger charge is 2.52. The number of rotatable bonds is 3. The average Bonchev–Trinajstić information content (AvgIpc) is 4.06. The Bertz CT molecular complexity index is 4030. The number of hydrogen-bond acceptors (Lipinski definition) is 1. The standard InChI is InChI=1S/C64H40N2/c1-63(51-28-11-5-24-44(51)49-37-50-45-25-10-16-33-58(45)66(59(50)38-56(49)63)41-20-3-2-4-21-41)40-19-17-18-39(36-40)62-48-34-35-55-61(60(48)47-27-9-15-32-57(47)65-62)46-26-8-14-31-54(46)64(55)52-29-12-6-22-42(52)43-23-7-13-30-53(43)64/h2-38H,1H3. The van der Waals surface area contributed by atoms with Crippen LogP contribution in [0.25, 0.3) is 93.8 Å². The summed E-state index contributed by atoms with van der Waals surface area (Å²) >= 11 is 0. The molecule has 0 fully saturated rings. The Morgan fingerprint density at radius 1 is 0.379 bits per heavy atom. The fraction of sp³-hybridized carbons (Fsp3) is 0.0469. The van der Waals surface area contributed by atoms with Gasteiger partial charge >= 0.3 is 0 Å². The van der Waals surface area contributed by atoms with Crippen molar-refractivity contribution in [3.05, 3.63) is 263 Å². The van der Waals surface area contributed by atoms with Gasteiger partial charge in [-0.3, -0.25) is 0 Å². The SMILES string of the molecule is CC1(c2cccc(-c3nc4ccccc4c4c5c(ccc34)C3(c4ccccc4-c4ccccc43)c3ccccc3-5)c2)c2ccccc2-c2cc3c4ccccc4n(-c4ccccc4)c3cc21. The van der Waals surface area contributed by atoms with Gasteiger partial charge < -0.3 is 4.57 Å². The molecule has 1 spiro atoms. The zero-order valence-electron chi connectivity index (χ0n) is 36.3. The van der Waals surface area contributed by atoms with Gasteiger partial charge in [-0.25, -0.2) is 4.98 Å². The van der Waals surface area contributed by atoms with Gasteiger partial charge in [-0.2, -0.15) is 0 Å². The fourth-order valence-corrected chi connectivity index (χ4v) is 12.9. The summed E-state index contributed by atoms with van der Waals surface area (Å²) in [6.07, 6.45) is 0. The average molecular weight is 837 g/mol. The topological polar surface area (TPSA) is 17.8 Å². The highest BCUT2D eigenvalue weighted by Crippen LogP contribution is 2.64. The predicted molar refractivity (Wildman–Crippen MR) is 273 cm³/mol. The molecule has 0 amide bonds. The maximum Gasteiger partial charge on any atom is 0.0788 e. The van der Waals surface area contributed by atoms with Gasteiger partial charge in [0, 0.05) is 43.6 Å². The molecule has 0 radical (unpaired) electrons. The number of fused-ring (bicyclic) bond motifs is 20. The number of pyridine rings is 1. The molecular formula is C64H40N2. The van der Waals surface area contributed by atoms with Gasteiger partial charge in [0.25, 0.3) is 0 Å². The second kappa shape index (κ2) is 12.9. The Morgan fingerprint density at radius 3 is 1.74 bits per heavy atom. The van der Waals surface area contributed by atoms with Crippen LogP contribution in [0.1, 0.15) is 45.9 Å². The first-order valence-electron chi connectivity index (χ1n) is 23.1. The van der Waals surface area contributed by atoms with Gasteiger partial charge in [-0.05, 0) is 122 Å². The minimum atomic E-state index is -0.434. The Hall–Kier alpha value is -8.33. The van der Waals surface area contributed by atoms with Crippen LogP contribution in [0.15, 0.2) is 224 Å². The third kappa shape index (κ3) is 4.39. The molecule has 0 aliphatic heterocycles. The van der Waals surface area contributed by atoms with Crippen molar-refractivity contribution in [1.82, 2.24) is 9.55 Å². The predicted octanol–water partition coefficient (Wildman–Crippen LogP) is 15.8. The molecule has 0 saturated carbocycles. The van der Waals surface area contributed by atoms with Crippen LogP contribution in [0.3, 0.4) is 0 Å². The Labute approximate surface area is 382 Å². The Balaban J connectivity index is 0.987. The molecule has 3 aliphatic rings. The molecule has 3 aliphatic carbocycles. The molecule has 10 aromatic carbocycles. The van der Waals surface area contributed by atoms with Crippen molar-refractivity contribution in [2.24, 2.45) is 0 Å². The monoisotopic (exact) mass is 836 g/mol. The molecule has 1 atom stereocenters. The van der Waals surface area contributed by atoms with E-state index < -0.39 is 10.8 Å². The maximum atomic E-state index is 5.60. The van der Waals surface area contributed by atoms with Crippen LogP contribution in [0, 0.1) is 0 Å². The van der Waals surface area contributed by atoms with Crippen molar-refractivity contribution in [2.75, 3.05) is 0 Å². The summed E-state index contributed by atoms with van der Waals surface area (Å²) in [6, 6.07) is 83.8. The smallest absolute Gasteiger partial charge is 0.0788 e. The summed E-state index contributed by atoms with van der Waals surface area (Å²) in [6.45, 7) is 2.44. The van der Waals surface area contributed by atoms with E-state index in [-0.39, 0.29) is 0 Å². The van der Waals surface area contributed by atoms with E-state index in [1.807, 2.05) is 0 Å². The molecule has 2 nitrogen and oxygen atoms in total. The van der Waals surface area contributed by atoms with Crippen LogP contribution in [0.5, 0.6) is 0 Å². The van der Waals surface area contributed by atoms with Crippen molar-refractivity contribution in [1.29, 1.82) is 0 Å². The highest BCUT2D eigenvalue weighted by molar-refractivity contribution is 6.20. The number of aromatic nitrogens is 2. The summed E-state index contributed by atoms with van der Waals surface area (Å²) in [5, 5.41) is 6.15. The molecule has 12 aromatic rings. The summed E-state index contributed by atoms with van der Waals surface area (Å²) in [4.78, 5) is 5.60. The van der Waals surface area contributed by atoms with Crippen molar-refractivity contribution in [3.8, 4) is 50.3 Å². The van der Waals surface area contributed by atoms with Gasteiger partial charge in [0.15, 0.2) is 0 Å². The zero-order valence-corrected chi connectivity index (χ0v) is 36.3. The summed E-state index contributed by atoms with van der Waals surface area (Å²) < 4.78 is 2.44. The lowest BCUT2D eigenvalue weighted by Crippen LogP contribution is -2.25. The largest absolute Gasteiger partial charge is 0.309 e. The van der Waals surface area contributed by atoms with E-state index in [0.29, 0.717) is 0 Å². The number of nitrogens with zero attached hydrogens (tertiary/aromatic N) is 2. The van der Waals surface area contributed by atoms with Crippen LogP contribution >= 0.6 is 0 Å². The van der Waals surface area contributed by atoms with Crippen LogP contribution in [0.2, 0.25) is 0 Å². The molecule has 2 aromatic heterocycles. The number of para-hydroxylation sites is 3. The first kappa shape index (κ1) is 36.1. The van der Waals surface area contributed by atoms with Crippen molar-refractivity contribution in [3.63, 3.8) is 0 Å². The number of hydrogen-bond donors (Lipinski definition) is 0. The lowest BCUT2D eigenvalue weighted by atomic mass is 9.70. The highest BCUT2D eigenvalue weighted by atomic mass is 15.0. The van der Waals surface area contributed by atoms with Gasteiger partial charge in [0.05, 0.1) is 27.7 Å². The molecule has 15 rings (SSSR count). The third-order valence-electron chi connectivity index (χ3n) is 15.7. The van der Waals surface area contributed by atoms with Gasteiger partial charge in [-0.15, -0.1) is 0 Å². The molecular weight excluding hydrogens is 797 g/mol. The lowest BCUT2D eigenvalue weighted by molar-refractivity contribution is 0.715. The Kier molecular flexibility index (Phi) is 7.05. The molecule has 0 N–H and O–H groups in total. The van der Waals surface area contributed by atoms with Crippen LogP contribution in [-0.2, 0) is 10.8 Å². The van der Waals surface area contributed by atoms with Gasteiger partial charge in [0.2, 0.25) is 0 Å². The normalized spacial score (nSPS) is 15.8. The molecule has 0 saturated heterocycles. The third-order valence-corrected chi connectivity index (χ3v) is 15.7. The number of benzene rings is 10. The fourth-order valence-electron chi connectivity index (χ4n) is 12.9. The molecule has 66 heavy (non-hydrogen) atoms. The van der Waals surface area contributed by atoms with E-state index >= 15 is 0 Å². The first-order valence-corrected chi connectivity index (χ1v) is 23.1. The van der Waals surface area contributed by atoms with Crippen molar-refractivity contribution < 1.29 is 0 Å². The van der Waals surface area contributed by atoms with Crippen LogP contribution in [-0.4, -0.2) is 9.55 Å². The molecule has 2 heterocycles. The van der Waals surface area contributed by atoms with E-state index in [9.17, 15) is 0 Å². The second-order valence-corrected chi connectivity index (χ2v) is 18.6. The molecule has 306 valence electrons. The second-order valence-electron chi connectivity index (χ2n) is 18.6. The van der Waals surface area contributed by atoms with E-state index in [0.717, 1.165) is 16.8 Å². The van der Waals surface area contributed by atoms with E-state index in [2.05, 4.69) is 236 Å². The summed E-state index contributed by atoms with van der Waals surface area (Å²) in [5.74, 6) is 0. The molecule has 1 unspecified atom stereocenters. The van der Waals surface area contributed by atoms with Crippen LogP contribution in [0.4, 0.5) is 0 Å². The summed E-state index contributed by atoms with van der Waals surface area (Å²) in [5.41, 5.74) is 23.0. The maximum absolute atomic E-state index is 5.60. The minimum absolute atomic E-state index is 0.423. The summed E-state index contributed by atoms with van der Waals surface area (Å²) in [7, 11) is 0.